The summed E-state index contributed by atoms with van der Waals surface area (Å²) in [5.74, 6) is 1.46. The van der Waals surface area contributed by atoms with Crippen molar-refractivity contribution in [1.82, 2.24) is 20.0 Å². The number of fused-ring (bicyclic) bond motifs is 1. The summed E-state index contributed by atoms with van der Waals surface area (Å²) in [6.07, 6.45) is 3.90. The molecule has 154 valence electrons. The van der Waals surface area contributed by atoms with E-state index in [2.05, 4.69) is 25.5 Å². The highest BCUT2D eigenvalue weighted by Crippen LogP contribution is 2.40. The molecule has 4 heterocycles. The summed E-state index contributed by atoms with van der Waals surface area (Å²) in [5, 5.41) is 16.4. The molecule has 5 rings (SSSR count). The Bertz CT molecular complexity index is 1070. The third-order valence-electron chi connectivity index (χ3n) is 5.91. The van der Waals surface area contributed by atoms with Crippen LogP contribution in [0.1, 0.15) is 48.4 Å². The first-order valence-corrected chi connectivity index (χ1v) is 10.3. The number of benzene rings is 1. The molecule has 8 heteroatoms. The number of amides is 1. The predicted molar refractivity (Wildman–Crippen MR) is 111 cm³/mol. The van der Waals surface area contributed by atoms with Crippen LogP contribution in [0, 0.1) is 12.7 Å². The van der Waals surface area contributed by atoms with Crippen molar-refractivity contribution in [1.29, 1.82) is 0 Å². The number of hydrogen-bond acceptors (Lipinski definition) is 5. The van der Waals surface area contributed by atoms with Gasteiger partial charge in [0, 0.05) is 31.0 Å². The molecule has 0 spiro atoms. The van der Waals surface area contributed by atoms with Crippen molar-refractivity contribution in [3.8, 4) is 5.82 Å². The Kier molecular flexibility index (Phi) is 4.69. The Labute approximate surface area is 173 Å². The van der Waals surface area contributed by atoms with Crippen molar-refractivity contribution >= 4 is 17.5 Å². The zero-order chi connectivity index (χ0) is 20.7. The standard InChI is InChI=1S/C22H23FN6O/c1-14-21-17(15-5-7-16(23)8-6-15)13-20(30)24-22(21)29(27-14)19-10-9-18(25-26-19)28-11-3-2-4-12-28/h5-10,17H,2-4,11-13H2,1H3,(H,24,30)/t17-/m0/s1. The number of hydrogen-bond donors (Lipinski definition) is 1. The van der Waals surface area contributed by atoms with Gasteiger partial charge in [-0.2, -0.15) is 9.78 Å². The minimum atomic E-state index is -0.296. The van der Waals surface area contributed by atoms with Gasteiger partial charge in [0.15, 0.2) is 11.6 Å². The fourth-order valence-corrected chi connectivity index (χ4v) is 4.42. The molecule has 0 aliphatic carbocycles. The Balaban J connectivity index is 1.51. The first-order chi connectivity index (χ1) is 14.6. The van der Waals surface area contributed by atoms with Gasteiger partial charge in [-0.05, 0) is 56.0 Å². The van der Waals surface area contributed by atoms with Gasteiger partial charge in [0.2, 0.25) is 5.91 Å². The average Bonchev–Trinajstić information content (AvgIpc) is 3.10. The number of aromatic nitrogens is 4. The molecule has 30 heavy (non-hydrogen) atoms. The van der Waals surface area contributed by atoms with E-state index in [1.807, 2.05) is 19.1 Å². The third-order valence-corrected chi connectivity index (χ3v) is 5.91. The zero-order valence-corrected chi connectivity index (χ0v) is 16.8. The van der Waals surface area contributed by atoms with Gasteiger partial charge in [-0.3, -0.25) is 4.79 Å². The zero-order valence-electron chi connectivity index (χ0n) is 16.8. The summed E-state index contributed by atoms with van der Waals surface area (Å²) >= 11 is 0. The van der Waals surface area contributed by atoms with E-state index in [9.17, 15) is 9.18 Å². The normalized spacial score (nSPS) is 18.8. The summed E-state index contributed by atoms with van der Waals surface area (Å²) in [4.78, 5) is 14.7. The van der Waals surface area contributed by atoms with Crippen molar-refractivity contribution in [2.45, 2.75) is 38.5 Å². The van der Waals surface area contributed by atoms with Crippen LogP contribution in [0.2, 0.25) is 0 Å². The third kappa shape index (κ3) is 3.32. The molecule has 3 aromatic rings. The predicted octanol–water partition coefficient (Wildman–Crippen LogP) is 3.57. The first-order valence-electron chi connectivity index (χ1n) is 10.3. The minimum absolute atomic E-state index is 0.101. The molecule has 0 saturated carbocycles. The van der Waals surface area contributed by atoms with Gasteiger partial charge < -0.3 is 10.2 Å². The Hall–Kier alpha value is -3.29. The molecule has 7 nitrogen and oxygen atoms in total. The Morgan fingerprint density at radius 1 is 1.00 bits per heavy atom. The number of nitrogens with zero attached hydrogens (tertiary/aromatic N) is 5. The van der Waals surface area contributed by atoms with Crippen LogP contribution in [0.3, 0.4) is 0 Å². The number of piperidine rings is 1. The van der Waals surface area contributed by atoms with Crippen LogP contribution in [0.4, 0.5) is 16.0 Å². The molecule has 1 amide bonds. The van der Waals surface area contributed by atoms with Gasteiger partial charge >= 0.3 is 0 Å². The fraction of sp³-hybridized carbons (Fsp3) is 0.364. The number of rotatable bonds is 3. The fourth-order valence-electron chi connectivity index (χ4n) is 4.42. The Morgan fingerprint density at radius 3 is 2.40 bits per heavy atom. The molecule has 1 aromatic carbocycles. The maximum Gasteiger partial charge on any atom is 0.226 e. The summed E-state index contributed by atoms with van der Waals surface area (Å²) in [6.45, 7) is 3.91. The van der Waals surface area contributed by atoms with E-state index in [0.717, 1.165) is 35.7 Å². The largest absolute Gasteiger partial charge is 0.355 e. The van der Waals surface area contributed by atoms with Crippen LogP contribution < -0.4 is 10.2 Å². The van der Waals surface area contributed by atoms with Gasteiger partial charge in [-0.15, -0.1) is 10.2 Å². The number of anilines is 2. The molecule has 2 aliphatic rings. The minimum Gasteiger partial charge on any atom is -0.355 e. The smallest absolute Gasteiger partial charge is 0.226 e. The second kappa shape index (κ2) is 7.51. The number of carbonyl (C=O) groups is 1. The van der Waals surface area contributed by atoms with Crippen LogP contribution in [0.25, 0.3) is 5.82 Å². The van der Waals surface area contributed by atoms with Crippen LogP contribution in [-0.2, 0) is 4.79 Å². The van der Waals surface area contributed by atoms with E-state index in [0.29, 0.717) is 18.1 Å². The first kappa shape index (κ1) is 18.7. The molecule has 1 atom stereocenters. The van der Waals surface area contributed by atoms with Gasteiger partial charge in [0.05, 0.1) is 5.69 Å². The highest BCUT2D eigenvalue weighted by atomic mass is 19.1. The summed E-state index contributed by atoms with van der Waals surface area (Å²) in [6, 6.07) is 10.1. The van der Waals surface area contributed by atoms with E-state index in [1.54, 1.807) is 16.8 Å². The van der Waals surface area contributed by atoms with Crippen molar-refractivity contribution in [2.24, 2.45) is 0 Å². The van der Waals surface area contributed by atoms with Crippen molar-refractivity contribution < 1.29 is 9.18 Å². The molecular weight excluding hydrogens is 383 g/mol. The number of carbonyl (C=O) groups excluding carboxylic acids is 1. The van der Waals surface area contributed by atoms with E-state index in [1.165, 1.54) is 31.4 Å². The van der Waals surface area contributed by atoms with E-state index >= 15 is 0 Å². The lowest BCUT2D eigenvalue weighted by molar-refractivity contribution is -0.116. The quantitative estimate of drug-likeness (QED) is 0.720. The monoisotopic (exact) mass is 406 g/mol. The van der Waals surface area contributed by atoms with E-state index < -0.39 is 0 Å². The summed E-state index contributed by atoms with van der Waals surface area (Å²) in [7, 11) is 0. The maximum absolute atomic E-state index is 13.4. The van der Waals surface area contributed by atoms with Gasteiger partial charge in [0.1, 0.15) is 11.6 Å². The molecule has 0 unspecified atom stereocenters. The van der Waals surface area contributed by atoms with Gasteiger partial charge in [-0.25, -0.2) is 4.39 Å². The molecular formula is C22H23FN6O. The van der Waals surface area contributed by atoms with E-state index in [4.69, 9.17) is 0 Å². The van der Waals surface area contributed by atoms with Crippen molar-refractivity contribution in [3.05, 3.63) is 59.0 Å². The summed E-state index contributed by atoms with van der Waals surface area (Å²) < 4.78 is 15.0. The average molecular weight is 406 g/mol. The molecule has 0 radical (unpaired) electrons. The lowest BCUT2D eigenvalue weighted by Crippen LogP contribution is -2.30. The number of aryl methyl sites for hydroxylation is 1. The lowest BCUT2D eigenvalue weighted by atomic mass is 9.86. The lowest BCUT2D eigenvalue weighted by Gasteiger charge is -2.27. The second-order valence-electron chi connectivity index (χ2n) is 7.91. The van der Waals surface area contributed by atoms with Crippen molar-refractivity contribution in [2.75, 3.05) is 23.3 Å². The molecule has 2 aromatic heterocycles. The van der Waals surface area contributed by atoms with Crippen LogP contribution >= 0.6 is 0 Å². The Morgan fingerprint density at radius 2 is 1.70 bits per heavy atom. The summed E-state index contributed by atoms with van der Waals surface area (Å²) in [5.41, 5.74) is 2.63. The maximum atomic E-state index is 13.4. The molecule has 0 bridgehead atoms. The van der Waals surface area contributed by atoms with Crippen LogP contribution in [-0.4, -0.2) is 39.0 Å². The molecule has 1 saturated heterocycles. The number of nitrogens with one attached hydrogen (secondary N) is 1. The van der Waals surface area contributed by atoms with Gasteiger partial charge in [-0.1, -0.05) is 12.1 Å². The number of halogens is 1. The van der Waals surface area contributed by atoms with Gasteiger partial charge in [0.25, 0.3) is 0 Å². The molecule has 2 aliphatic heterocycles. The molecule has 1 N–H and O–H groups in total. The van der Waals surface area contributed by atoms with Crippen LogP contribution in [0.5, 0.6) is 0 Å². The van der Waals surface area contributed by atoms with E-state index in [-0.39, 0.29) is 17.6 Å². The highest BCUT2D eigenvalue weighted by molar-refractivity contribution is 5.95. The van der Waals surface area contributed by atoms with Crippen LogP contribution in [0.15, 0.2) is 36.4 Å². The second-order valence-corrected chi connectivity index (χ2v) is 7.91. The molecule has 1 fully saturated rings. The van der Waals surface area contributed by atoms with Crippen molar-refractivity contribution in [3.63, 3.8) is 0 Å². The SMILES string of the molecule is Cc1nn(-c2ccc(N3CCCCC3)nn2)c2c1[C@H](c1ccc(F)cc1)CC(=O)N2. The highest BCUT2D eigenvalue weighted by Gasteiger charge is 2.33. The topological polar surface area (TPSA) is 75.9 Å².